The Morgan fingerprint density at radius 1 is 1.38 bits per heavy atom. The molecule has 0 saturated carbocycles. The number of carbonyl (C=O) groups is 1. The number of aldehydes is 1. The molecule has 0 amide bonds. The van der Waals surface area contributed by atoms with E-state index in [-0.39, 0.29) is 11.7 Å². The van der Waals surface area contributed by atoms with Gasteiger partial charge in [0.15, 0.2) is 0 Å². The maximum Gasteiger partial charge on any atom is 0.127 e. The van der Waals surface area contributed by atoms with Crippen LogP contribution in [0.5, 0.6) is 5.75 Å². The van der Waals surface area contributed by atoms with Crippen LogP contribution in [0.4, 0.5) is 0 Å². The zero-order valence-electron chi connectivity index (χ0n) is 7.31. The molecule has 70 valence electrons. The second kappa shape index (κ2) is 4.62. The summed E-state index contributed by atoms with van der Waals surface area (Å²) in [5.74, 6) is 0.0618. The fourth-order valence-corrected chi connectivity index (χ4v) is 1.21. The topological polar surface area (TPSA) is 63.3 Å². The summed E-state index contributed by atoms with van der Waals surface area (Å²) in [6, 6.07) is 6.62. The van der Waals surface area contributed by atoms with Crippen molar-refractivity contribution >= 4 is 6.29 Å². The summed E-state index contributed by atoms with van der Waals surface area (Å²) in [5, 5.41) is 9.03. The standard InChI is InChI=1S/C10H13NO2/c11-6-5-9(7-12)8-1-3-10(13)4-2-8/h1-4,7,9,13H,5-6,11H2. The van der Waals surface area contributed by atoms with Crippen molar-refractivity contribution in [2.75, 3.05) is 6.54 Å². The van der Waals surface area contributed by atoms with Crippen LogP contribution in [0.3, 0.4) is 0 Å². The molecule has 0 aliphatic rings. The van der Waals surface area contributed by atoms with Crippen molar-refractivity contribution in [1.82, 2.24) is 0 Å². The minimum absolute atomic E-state index is 0.148. The van der Waals surface area contributed by atoms with Gasteiger partial charge in [-0.3, -0.25) is 0 Å². The van der Waals surface area contributed by atoms with Gasteiger partial charge < -0.3 is 15.6 Å². The minimum atomic E-state index is -0.148. The van der Waals surface area contributed by atoms with Gasteiger partial charge in [0.2, 0.25) is 0 Å². The van der Waals surface area contributed by atoms with Gasteiger partial charge in [-0.2, -0.15) is 0 Å². The van der Waals surface area contributed by atoms with Gasteiger partial charge in [0.05, 0.1) is 0 Å². The SMILES string of the molecule is NCCC(C=O)c1ccc(O)cc1. The minimum Gasteiger partial charge on any atom is -0.508 e. The van der Waals surface area contributed by atoms with Crippen LogP contribution in [0.2, 0.25) is 0 Å². The van der Waals surface area contributed by atoms with Crippen molar-refractivity contribution in [2.45, 2.75) is 12.3 Å². The van der Waals surface area contributed by atoms with Gasteiger partial charge in [-0.25, -0.2) is 0 Å². The highest BCUT2D eigenvalue weighted by atomic mass is 16.3. The molecule has 1 aromatic carbocycles. The molecule has 3 nitrogen and oxygen atoms in total. The summed E-state index contributed by atoms with van der Waals surface area (Å²) in [6.07, 6.45) is 1.54. The Kier molecular flexibility index (Phi) is 3.46. The molecule has 1 unspecified atom stereocenters. The zero-order valence-corrected chi connectivity index (χ0v) is 7.31. The third-order valence-corrected chi connectivity index (χ3v) is 1.96. The Morgan fingerprint density at radius 2 is 2.00 bits per heavy atom. The largest absolute Gasteiger partial charge is 0.508 e. The summed E-state index contributed by atoms with van der Waals surface area (Å²) in [7, 11) is 0. The van der Waals surface area contributed by atoms with Crippen LogP contribution in [-0.4, -0.2) is 17.9 Å². The maximum absolute atomic E-state index is 10.7. The third kappa shape index (κ3) is 2.56. The lowest BCUT2D eigenvalue weighted by molar-refractivity contribution is -0.109. The molecule has 0 spiro atoms. The second-order valence-electron chi connectivity index (χ2n) is 2.91. The van der Waals surface area contributed by atoms with Gasteiger partial charge in [0, 0.05) is 5.92 Å². The van der Waals surface area contributed by atoms with Crippen LogP contribution in [-0.2, 0) is 4.79 Å². The normalized spacial score (nSPS) is 12.4. The molecule has 13 heavy (non-hydrogen) atoms. The second-order valence-corrected chi connectivity index (χ2v) is 2.91. The van der Waals surface area contributed by atoms with Crippen molar-refractivity contribution in [2.24, 2.45) is 5.73 Å². The molecule has 1 aromatic rings. The first kappa shape index (κ1) is 9.74. The first-order valence-corrected chi connectivity index (χ1v) is 4.22. The maximum atomic E-state index is 10.7. The van der Waals surface area contributed by atoms with E-state index >= 15 is 0 Å². The van der Waals surface area contributed by atoms with Crippen molar-refractivity contribution in [3.63, 3.8) is 0 Å². The molecule has 1 atom stereocenters. The number of carbonyl (C=O) groups excluding carboxylic acids is 1. The van der Waals surface area contributed by atoms with Crippen LogP contribution in [0.25, 0.3) is 0 Å². The van der Waals surface area contributed by atoms with Crippen LogP contribution in [0.15, 0.2) is 24.3 Å². The van der Waals surface area contributed by atoms with Crippen LogP contribution in [0.1, 0.15) is 17.9 Å². The van der Waals surface area contributed by atoms with Crippen molar-refractivity contribution in [1.29, 1.82) is 0 Å². The average molecular weight is 179 g/mol. The fourth-order valence-electron chi connectivity index (χ4n) is 1.21. The smallest absolute Gasteiger partial charge is 0.127 e. The predicted octanol–water partition coefficient (Wildman–Crippen LogP) is 1.02. The summed E-state index contributed by atoms with van der Waals surface area (Å²) in [6.45, 7) is 0.490. The number of phenols is 1. The van der Waals surface area contributed by atoms with Gasteiger partial charge in [0.25, 0.3) is 0 Å². The molecule has 0 aliphatic heterocycles. The van der Waals surface area contributed by atoms with Gasteiger partial charge in [-0.1, -0.05) is 12.1 Å². The van der Waals surface area contributed by atoms with Crippen LogP contribution >= 0.6 is 0 Å². The van der Waals surface area contributed by atoms with E-state index in [1.165, 1.54) is 0 Å². The van der Waals surface area contributed by atoms with Crippen LogP contribution < -0.4 is 5.73 Å². The Labute approximate surface area is 77.2 Å². The Balaban J connectivity index is 2.79. The molecule has 1 rings (SSSR count). The molecule has 0 fully saturated rings. The monoisotopic (exact) mass is 179 g/mol. The highest BCUT2D eigenvalue weighted by Gasteiger charge is 2.08. The van der Waals surface area contributed by atoms with Crippen molar-refractivity contribution in [3.05, 3.63) is 29.8 Å². The number of hydrogen-bond acceptors (Lipinski definition) is 3. The fraction of sp³-hybridized carbons (Fsp3) is 0.300. The summed E-state index contributed by atoms with van der Waals surface area (Å²) in [5.41, 5.74) is 6.27. The molecule has 0 heterocycles. The summed E-state index contributed by atoms with van der Waals surface area (Å²) in [4.78, 5) is 10.7. The number of benzene rings is 1. The lowest BCUT2D eigenvalue weighted by Crippen LogP contribution is -2.08. The number of nitrogens with two attached hydrogens (primary N) is 1. The van der Waals surface area contributed by atoms with E-state index in [2.05, 4.69) is 0 Å². The lowest BCUT2D eigenvalue weighted by atomic mass is 9.97. The van der Waals surface area contributed by atoms with Gasteiger partial charge in [0.1, 0.15) is 12.0 Å². The molecular weight excluding hydrogens is 166 g/mol. The lowest BCUT2D eigenvalue weighted by Gasteiger charge is -2.08. The third-order valence-electron chi connectivity index (χ3n) is 1.96. The van der Waals surface area contributed by atoms with E-state index in [0.717, 1.165) is 11.8 Å². The number of rotatable bonds is 4. The highest BCUT2D eigenvalue weighted by molar-refractivity contribution is 5.62. The predicted molar refractivity (Wildman–Crippen MR) is 50.6 cm³/mol. The molecule has 3 heteroatoms. The van der Waals surface area contributed by atoms with E-state index in [1.54, 1.807) is 24.3 Å². The van der Waals surface area contributed by atoms with E-state index in [4.69, 9.17) is 10.8 Å². The quantitative estimate of drug-likeness (QED) is 0.678. The first-order valence-electron chi connectivity index (χ1n) is 4.22. The Hall–Kier alpha value is -1.35. The first-order chi connectivity index (χ1) is 6.27. The number of hydrogen-bond donors (Lipinski definition) is 2. The molecule has 0 radical (unpaired) electrons. The Morgan fingerprint density at radius 3 is 2.46 bits per heavy atom. The van der Waals surface area contributed by atoms with E-state index in [1.807, 2.05) is 0 Å². The molecule has 0 aliphatic carbocycles. The van der Waals surface area contributed by atoms with Crippen LogP contribution in [0, 0.1) is 0 Å². The van der Waals surface area contributed by atoms with E-state index in [0.29, 0.717) is 13.0 Å². The molecule has 0 bridgehead atoms. The molecular formula is C10H13NO2. The molecule has 0 saturated heterocycles. The number of aromatic hydroxyl groups is 1. The van der Waals surface area contributed by atoms with Crippen molar-refractivity contribution < 1.29 is 9.90 Å². The molecule has 0 aromatic heterocycles. The zero-order chi connectivity index (χ0) is 9.68. The van der Waals surface area contributed by atoms with Crippen molar-refractivity contribution in [3.8, 4) is 5.75 Å². The van der Waals surface area contributed by atoms with Gasteiger partial charge in [-0.15, -0.1) is 0 Å². The summed E-state index contributed by atoms with van der Waals surface area (Å²) < 4.78 is 0. The number of phenolic OH excluding ortho intramolecular Hbond substituents is 1. The van der Waals surface area contributed by atoms with Gasteiger partial charge >= 0.3 is 0 Å². The summed E-state index contributed by atoms with van der Waals surface area (Å²) >= 11 is 0. The van der Waals surface area contributed by atoms with E-state index < -0.39 is 0 Å². The van der Waals surface area contributed by atoms with Gasteiger partial charge in [-0.05, 0) is 30.7 Å². The molecule has 3 N–H and O–H groups in total. The van der Waals surface area contributed by atoms with E-state index in [9.17, 15) is 4.79 Å². The highest BCUT2D eigenvalue weighted by Crippen LogP contribution is 2.19. The average Bonchev–Trinajstić information content (AvgIpc) is 2.16. The Bertz CT molecular complexity index is 269.